The van der Waals surface area contributed by atoms with Crippen molar-refractivity contribution < 1.29 is 18.3 Å². The van der Waals surface area contributed by atoms with Crippen molar-refractivity contribution >= 4 is 34.2 Å². The molecule has 25 heavy (non-hydrogen) atoms. The molecule has 0 atom stereocenters. The van der Waals surface area contributed by atoms with E-state index >= 15 is 0 Å². The zero-order valence-corrected chi connectivity index (χ0v) is 13.9. The number of hydrogen-bond acceptors (Lipinski definition) is 4. The molecule has 1 N–H and O–H groups in total. The van der Waals surface area contributed by atoms with Gasteiger partial charge in [0.15, 0.2) is 6.61 Å². The van der Waals surface area contributed by atoms with Crippen LogP contribution in [0.3, 0.4) is 0 Å². The number of anilines is 1. The predicted molar refractivity (Wildman–Crippen MR) is 92.8 cm³/mol. The summed E-state index contributed by atoms with van der Waals surface area (Å²) >= 11 is 6.15. The van der Waals surface area contributed by atoms with Crippen LogP contribution in [0.15, 0.2) is 51.7 Å². The average Bonchev–Trinajstić information content (AvgIpc) is 2.54. The Labute approximate surface area is 147 Å². The molecule has 0 aliphatic heterocycles. The molecule has 0 radical (unpaired) electrons. The molecule has 7 heteroatoms. The Hall–Kier alpha value is -2.86. The van der Waals surface area contributed by atoms with E-state index in [-0.39, 0.29) is 17.4 Å². The van der Waals surface area contributed by atoms with Crippen LogP contribution >= 0.6 is 11.6 Å². The summed E-state index contributed by atoms with van der Waals surface area (Å²) in [7, 11) is 0. The molecule has 0 aliphatic rings. The molecule has 3 rings (SSSR count). The Balaban J connectivity index is 1.75. The van der Waals surface area contributed by atoms with Gasteiger partial charge in [0.2, 0.25) is 0 Å². The van der Waals surface area contributed by atoms with Gasteiger partial charge in [-0.3, -0.25) is 4.79 Å². The minimum atomic E-state index is -0.484. The first-order chi connectivity index (χ1) is 11.9. The van der Waals surface area contributed by atoms with Gasteiger partial charge < -0.3 is 14.5 Å². The van der Waals surface area contributed by atoms with Gasteiger partial charge in [-0.05, 0) is 36.8 Å². The third-order valence-corrected chi connectivity index (χ3v) is 3.77. The molecule has 1 aromatic heterocycles. The minimum absolute atomic E-state index is 0.206. The lowest BCUT2D eigenvalue weighted by Crippen LogP contribution is -2.20. The van der Waals surface area contributed by atoms with E-state index in [1.165, 1.54) is 30.3 Å². The highest BCUT2D eigenvalue weighted by molar-refractivity contribution is 6.32. The van der Waals surface area contributed by atoms with Crippen LogP contribution < -0.4 is 15.7 Å². The minimum Gasteiger partial charge on any atom is -0.482 e. The van der Waals surface area contributed by atoms with Gasteiger partial charge in [-0.25, -0.2) is 9.18 Å². The normalized spacial score (nSPS) is 10.7. The number of benzene rings is 2. The number of carbonyl (C=O) groups is 1. The monoisotopic (exact) mass is 361 g/mol. The third-order valence-electron chi connectivity index (χ3n) is 3.47. The fourth-order valence-corrected chi connectivity index (χ4v) is 2.56. The predicted octanol–water partition coefficient (Wildman–Crippen LogP) is 3.91. The van der Waals surface area contributed by atoms with Crippen molar-refractivity contribution in [2.24, 2.45) is 0 Å². The Morgan fingerprint density at radius 2 is 2.08 bits per heavy atom. The average molecular weight is 362 g/mol. The number of halogens is 2. The first kappa shape index (κ1) is 17.0. The van der Waals surface area contributed by atoms with E-state index in [9.17, 15) is 14.0 Å². The van der Waals surface area contributed by atoms with Crippen LogP contribution in [0, 0.1) is 12.7 Å². The van der Waals surface area contributed by atoms with Crippen molar-refractivity contribution in [2.45, 2.75) is 6.92 Å². The maximum atomic E-state index is 13.1. The van der Waals surface area contributed by atoms with Crippen molar-refractivity contribution in [1.29, 1.82) is 0 Å². The van der Waals surface area contributed by atoms with Gasteiger partial charge in [0.05, 0.1) is 5.02 Å². The number of hydrogen-bond donors (Lipinski definition) is 1. The molecular formula is C18H13ClFNO4. The van der Waals surface area contributed by atoms with E-state index in [1.807, 2.05) is 0 Å². The van der Waals surface area contributed by atoms with Crippen molar-refractivity contribution in [3.8, 4) is 5.75 Å². The molecule has 0 saturated carbocycles. The Bertz CT molecular complexity index is 1020. The van der Waals surface area contributed by atoms with Crippen LogP contribution in [0.2, 0.25) is 5.02 Å². The second kappa shape index (κ2) is 6.94. The first-order valence-electron chi connectivity index (χ1n) is 7.34. The number of amides is 1. The van der Waals surface area contributed by atoms with E-state index in [0.29, 0.717) is 16.7 Å². The molecule has 1 amide bonds. The molecule has 0 bridgehead atoms. The van der Waals surface area contributed by atoms with Gasteiger partial charge in [0, 0.05) is 23.2 Å². The number of fused-ring (bicyclic) bond motifs is 1. The number of ether oxygens (including phenoxy) is 1. The standard InChI is InChI=1S/C18H13ClFNO4/c1-10-5-18(23)25-15-8-16(14(19)7-13(10)15)24-9-17(22)21-12-4-2-3-11(20)6-12/h2-8H,9H2,1H3,(H,21,22). The van der Waals surface area contributed by atoms with Crippen LogP contribution in [0.4, 0.5) is 10.1 Å². The Morgan fingerprint density at radius 1 is 1.28 bits per heavy atom. The lowest BCUT2D eigenvalue weighted by Gasteiger charge is -2.10. The zero-order valence-electron chi connectivity index (χ0n) is 13.1. The maximum Gasteiger partial charge on any atom is 0.336 e. The summed E-state index contributed by atoms with van der Waals surface area (Å²) in [5, 5.41) is 3.47. The zero-order chi connectivity index (χ0) is 18.0. The molecule has 0 fully saturated rings. The van der Waals surface area contributed by atoms with Gasteiger partial charge in [-0.2, -0.15) is 0 Å². The second-order valence-electron chi connectivity index (χ2n) is 5.37. The summed E-state index contributed by atoms with van der Waals surface area (Å²) in [6.07, 6.45) is 0. The van der Waals surface area contributed by atoms with E-state index < -0.39 is 17.3 Å². The topological polar surface area (TPSA) is 68.5 Å². The fraction of sp³-hybridized carbons (Fsp3) is 0.111. The summed E-state index contributed by atoms with van der Waals surface area (Å²) in [5.74, 6) is -0.730. The molecule has 0 aliphatic carbocycles. The molecule has 0 saturated heterocycles. The van der Waals surface area contributed by atoms with Gasteiger partial charge in [0.25, 0.3) is 5.91 Å². The van der Waals surface area contributed by atoms with Crippen LogP contribution in [-0.4, -0.2) is 12.5 Å². The van der Waals surface area contributed by atoms with Crippen molar-refractivity contribution in [3.63, 3.8) is 0 Å². The maximum absolute atomic E-state index is 13.1. The third kappa shape index (κ3) is 3.97. The molecule has 5 nitrogen and oxygen atoms in total. The lowest BCUT2D eigenvalue weighted by atomic mass is 10.1. The first-order valence-corrected chi connectivity index (χ1v) is 7.72. The van der Waals surface area contributed by atoms with Crippen molar-refractivity contribution in [2.75, 3.05) is 11.9 Å². The van der Waals surface area contributed by atoms with Crippen LogP contribution in [0.5, 0.6) is 5.75 Å². The highest BCUT2D eigenvalue weighted by atomic mass is 35.5. The number of carbonyl (C=O) groups excluding carboxylic acids is 1. The van der Waals surface area contributed by atoms with Crippen LogP contribution in [-0.2, 0) is 4.79 Å². The summed E-state index contributed by atoms with van der Waals surface area (Å²) in [6, 6.07) is 9.94. The van der Waals surface area contributed by atoms with Gasteiger partial charge in [-0.15, -0.1) is 0 Å². The van der Waals surface area contributed by atoms with Crippen molar-refractivity contribution in [3.05, 3.63) is 69.3 Å². The summed E-state index contributed by atoms with van der Waals surface area (Å²) < 4.78 is 23.6. The van der Waals surface area contributed by atoms with Gasteiger partial charge in [0.1, 0.15) is 17.1 Å². The molecule has 128 valence electrons. The number of aryl methyl sites for hydroxylation is 1. The molecule has 0 spiro atoms. The van der Waals surface area contributed by atoms with Crippen LogP contribution in [0.25, 0.3) is 11.0 Å². The smallest absolute Gasteiger partial charge is 0.336 e. The SMILES string of the molecule is Cc1cc(=O)oc2cc(OCC(=O)Nc3cccc(F)c3)c(Cl)cc12. The number of rotatable bonds is 4. The fourth-order valence-electron chi connectivity index (χ4n) is 2.34. The molecular weight excluding hydrogens is 349 g/mol. The van der Waals surface area contributed by atoms with E-state index in [2.05, 4.69) is 5.32 Å². The van der Waals surface area contributed by atoms with Gasteiger partial charge >= 0.3 is 5.63 Å². The largest absolute Gasteiger partial charge is 0.482 e. The number of nitrogens with one attached hydrogen (secondary N) is 1. The van der Waals surface area contributed by atoms with Crippen molar-refractivity contribution in [1.82, 2.24) is 0 Å². The van der Waals surface area contributed by atoms with E-state index in [1.54, 1.807) is 19.1 Å². The summed E-state index contributed by atoms with van der Waals surface area (Å²) in [5.41, 5.74) is 0.875. The molecule has 1 heterocycles. The van der Waals surface area contributed by atoms with E-state index in [0.717, 1.165) is 5.56 Å². The highest BCUT2D eigenvalue weighted by Crippen LogP contribution is 2.31. The summed E-state index contributed by atoms with van der Waals surface area (Å²) in [4.78, 5) is 23.4. The Morgan fingerprint density at radius 3 is 2.84 bits per heavy atom. The second-order valence-corrected chi connectivity index (χ2v) is 5.78. The van der Waals surface area contributed by atoms with Gasteiger partial charge in [-0.1, -0.05) is 17.7 Å². The quantitative estimate of drug-likeness (QED) is 0.715. The lowest BCUT2D eigenvalue weighted by molar-refractivity contribution is -0.118. The Kier molecular flexibility index (Phi) is 4.72. The highest BCUT2D eigenvalue weighted by Gasteiger charge is 2.11. The van der Waals surface area contributed by atoms with E-state index in [4.69, 9.17) is 20.8 Å². The molecule has 0 unspecified atom stereocenters. The summed E-state index contributed by atoms with van der Waals surface area (Å²) in [6.45, 7) is 1.43. The molecule has 2 aromatic carbocycles. The van der Waals surface area contributed by atoms with Crippen LogP contribution in [0.1, 0.15) is 5.56 Å². The molecule has 3 aromatic rings.